The molecule has 3 N–H and O–H groups in total. The van der Waals surface area contributed by atoms with Crippen molar-refractivity contribution < 1.29 is 9.59 Å². The van der Waals surface area contributed by atoms with Gasteiger partial charge in [-0.25, -0.2) is 0 Å². The number of carbonyl (C=O) groups is 2. The Morgan fingerprint density at radius 2 is 2.03 bits per heavy atom. The number of hydrogen-bond acceptors (Lipinski definition) is 7. The van der Waals surface area contributed by atoms with Gasteiger partial charge in [0.2, 0.25) is 17.8 Å². The quantitative estimate of drug-likeness (QED) is 0.400. The first kappa shape index (κ1) is 19.2. The van der Waals surface area contributed by atoms with E-state index in [1.165, 1.54) is 0 Å². The van der Waals surface area contributed by atoms with Crippen molar-refractivity contribution in [2.45, 2.75) is 44.7 Å². The van der Waals surface area contributed by atoms with E-state index in [1.54, 1.807) is 16.8 Å². The van der Waals surface area contributed by atoms with Crippen LogP contribution in [0.1, 0.15) is 49.8 Å². The summed E-state index contributed by atoms with van der Waals surface area (Å²) in [6, 6.07) is 10.6. The molecule has 1 atom stereocenters. The van der Waals surface area contributed by atoms with Gasteiger partial charge in [0.25, 0.3) is 5.91 Å². The minimum Gasteiger partial charge on any atom is -0.351 e. The zero-order valence-electron chi connectivity index (χ0n) is 17.1. The number of imide groups is 1. The van der Waals surface area contributed by atoms with Gasteiger partial charge >= 0.3 is 0 Å². The van der Waals surface area contributed by atoms with E-state index >= 15 is 0 Å². The van der Waals surface area contributed by atoms with Gasteiger partial charge in [-0.3, -0.25) is 14.9 Å². The molecule has 2 amide bonds. The predicted octanol–water partition coefficient (Wildman–Crippen LogP) is 2.69. The van der Waals surface area contributed by atoms with Gasteiger partial charge in [-0.15, -0.1) is 0 Å². The Labute approximate surface area is 179 Å². The summed E-state index contributed by atoms with van der Waals surface area (Å²) >= 11 is 0. The summed E-state index contributed by atoms with van der Waals surface area (Å²) < 4.78 is 1.65. The fourth-order valence-corrected chi connectivity index (χ4v) is 3.64. The van der Waals surface area contributed by atoms with E-state index in [1.807, 2.05) is 18.2 Å². The number of hydrogen-bond donors (Lipinski definition) is 3. The highest BCUT2D eigenvalue weighted by Gasteiger charge is 2.26. The van der Waals surface area contributed by atoms with Crippen molar-refractivity contribution in [2.24, 2.45) is 0 Å². The van der Waals surface area contributed by atoms with Crippen LogP contribution in [0.3, 0.4) is 0 Å². The molecule has 0 spiro atoms. The van der Waals surface area contributed by atoms with Crippen LogP contribution in [-0.2, 0) is 9.59 Å². The molecule has 0 radical (unpaired) electrons. The molecule has 2 fully saturated rings. The zero-order chi connectivity index (χ0) is 21.4. The Hall–Kier alpha value is -3.75. The molecule has 1 saturated carbocycles. The molecule has 1 unspecified atom stereocenters. The lowest BCUT2D eigenvalue weighted by Gasteiger charge is -2.18. The van der Waals surface area contributed by atoms with Crippen LogP contribution in [0.15, 0.2) is 42.1 Å². The van der Waals surface area contributed by atoms with Gasteiger partial charge in [0.05, 0.1) is 18.7 Å². The third-order valence-electron chi connectivity index (χ3n) is 5.44. The van der Waals surface area contributed by atoms with Crippen molar-refractivity contribution in [3.8, 4) is 0 Å². The van der Waals surface area contributed by atoms with Crippen molar-refractivity contribution in [3.63, 3.8) is 0 Å². The Bertz CT molecular complexity index is 1180. The van der Waals surface area contributed by atoms with Crippen molar-refractivity contribution >= 4 is 35.4 Å². The lowest BCUT2D eigenvalue weighted by atomic mass is 10.1. The van der Waals surface area contributed by atoms with Crippen LogP contribution in [0.5, 0.6) is 0 Å². The first-order chi connectivity index (χ1) is 15.1. The molecule has 0 bridgehead atoms. The first-order valence-electron chi connectivity index (χ1n) is 10.5. The van der Waals surface area contributed by atoms with Crippen LogP contribution >= 0.6 is 0 Å². The molecule has 3 heterocycles. The van der Waals surface area contributed by atoms with E-state index in [-0.39, 0.29) is 24.3 Å². The van der Waals surface area contributed by atoms with E-state index in [0.29, 0.717) is 34.7 Å². The molecule has 1 aromatic carbocycles. The van der Waals surface area contributed by atoms with Crippen molar-refractivity contribution in [1.29, 1.82) is 0 Å². The molecule has 9 heteroatoms. The molecule has 5 rings (SSSR count). The van der Waals surface area contributed by atoms with Gasteiger partial charge < -0.3 is 10.6 Å². The molecule has 158 valence electrons. The number of anilines is 2. The van der Waals surface area contributed by atoms with Gasteiger partial charge in [0, 0.05) is 17.2 Å². The van der Waals surface area contributed by atoms with Gasteiger partial charge in [-0.05, 0) is 30.9 Å². The number of carbonyl (C=O) groups excluding carboxylic acids is 2. The first-order valence-corrected chi connectivity index (χ1v) is 10.5. The molecule has 1 aliphatic carbocycles. The zero-order valence-corrected chi connectivity index (χ0v) is 17.1. The minimum absolute atomic E-state index is 0.0559. The van der Waals surface area contributed by atoms with Gasteiger partial charge in [0.1, 0.15) is 0 Å². The van der Waals surface area contributed by atoms with Crippen LogP contribution < -0.4 is 16.0 Å². The lowest BCUT2D eigenvalue weighted by Crippen LogP contribution is -2.19. The molecule has 31 heavy (non-hydrogen) atoms. The second kappa shape index (κ2) is 7.82. The number of nitrogens with zero attached hydrogens (tertiary/aromatic N) is 4. The fraction of sp³-hybridized carbons (Fsp3) is 0.318. The van der Waals surface area contributed by atoms with Crippen LogP contribution in [0.2, 0.25) is 0 Å². The topological polar surface area (TPSA) is 113 Å². The van der Waals surface area contributed by atoms with Crippen LogP contribution in [0.25, 0.3) is 11.7 Å². The second-order valence-corrected chi connectivity index (χ2v) is 7.86. The molecule has 3 aromatic rings. The van der Waals surface area contributed by atoms with Crippen molar-refractivity contribution in [2.75, 3.05) is 10.6 Å². The highest BCUT2D eigenvalue weighted by molar-refractivity contribution is 6.15. The normalized spacial score (nSPS) is 18.4. The summed E-state index contributed by atoms with van der Waals surface area (Å²) in [4.78, 5) is 32.9. The molecule has 1 aliphatic heterocycles. The van der Waals surface area contributed by atoms with E-state index in [4.69, 9.17) is 4.98 Å². The maximum atomic E-state index is 12.0. The summed E-state index contributed by atoms with van der Waals surface area (Å²) in [5, 5.41) is 13.6. The largest absolute Gasteiger partial charge is 0.351 e. The van der Waals surface area contributed by atoms with Crippen molar-refractivity contribution in [1.82, 2.24) is 24.9 Å². The fourth-order valence-electron chi connectivity index (χ4n) is 3.64. The van der Waals surface area contributed by atoms with Gasteiger partial charge in [0.15, 0.2) is 5.65 Å². The Morgan fingerprint density at radius 1 is 1.23 bits per heavy atom. The van der Waals surface area contributed by atoms with Gasteiger partial charge in [-0.1, -0.05) is 37.3 Å². The molecule has 1 saturated heterocycles. The molecule has 2 aromatic heterocycles. The van der Waals surface area contributed by atoms with Crippen molar-refractivity contribution in [3.05, 3.63) is 53.2 Å². The van der Waals surface area contributed by atoms with E-state index in [0.717, 1.165) is 24.8 Å². The molecular weight excluding hydrogens is 394 g/mol. The summed E-state index contributed by atoms with van der Waals surface area (Å²) in [6.45, 7) is 2.11. The summed E-state index contributed by atoms with van der Waals surface area (Å²) in [6.07, 6.45) is 6.43. The smallest absolute Gasteiger partial charge is 0.254 e. The Balaban J connectivity index is 1.54. The lowest BCUT2D eigenvalue weighted by molar-refractivity contribution is -0.124. The highest BCUT2D eigenvalue weighted by Crippen LogP contribution is 2.27. The standard InChI is InChI=1S/C22H23N7O2/c1-2-17(13-6-4-3-5-7-13)25-21-27-19-15(10-14-11-18(30)26-20(14)31)12-23-29(19)22(28-21)24-16-8-9-16/h3-7,10,12,16-17H,2,8-9,11H2,1H3,(H,26,30,31)(H2,24,25,27,28)/b14-10+. The number of nitrogens with one attached hydrogen (secondary N) is 3. The average molecular weight is 417 g/mol. The van der Waals surface area contributed by atoms with Crippen LogP contribution in [-0.4, -0.2) is 37.4 Å². The van der Waals surface area contributed by atoms with E-state index in [9.17, 15) is 9.59 Å². The van der Waals surface area contributed by atoms with Crippen LogP contribution in [0.4, 0.5) is 11.9 Å². The number of fused-ring (bicyclic) bond motifs is 1. The second-order valence-electron chi connectivity index (χ2n) is 7.86. The number of rotatable bonds is 7. The average Bonchev–Trinajstić information content (AvgIpc) is 3.41. The SMILES string of the molecule is CCC(Nc1nc(NC2CC2)n2ncc(/C=C3\CC(=O)NC3=O)c2n1)c1ccccc1. The third-order valence-corrected chi connectivity index (χ3v) is 5.44. The Morgan fingerprint density at radius 3 is 2.71 bits per heavy atom. The number of amides is 2. The number of aromatic nitrogens is 4. The molecule has 2 aliphatic rings. The highest BCUT2D eigenvalue weighted by atomic mass is 16.2. The maximum Gasteiger partial charge on any atom is 0.254 e. The Kier molecular flexibility index (Phi) is 4.85. The minimum atomic E-state index is -0.372. The maximum absolute atomic E-state index is 12.0. The molecule has 9 nitrogen and oxygen atoms in total. The molecular formula is C22H23N7O2. The third kappa shape index (κ3) is 3.98. The van der Waals surface area contributed by atoms with Gasteiger partial charge in [-0.2, -0.15) is 19.6 Å². The van der Waals surface area contributed by atoms with E-state index in [2.05, 4.69) is 45.1 Å². The summed E-state index contributed by atoms with van der Waals surface area (Å²) in [5.41, 5.74) is 2.79. The van der Waals surface area contributed by atoms with E-state index < -0.39 is 0 Å². The van der Waals surface area contributed by atoms with Crippen LogP contribution in [0, 0.1) is 0 Å². The predicted molar refractivity (Wildman–Crippen MR) is 116 cm³/mol. The monoisotopic (exact) mass is 417 g/mol. The summed E-state index contributed by atoms with van der Waals surface area (Å²) in [5.74, 6) is 0.422. The number of benzene rings is 1. The summed E-state index contributed by atoms with van der Waals surface area (Å²) in [7, 11) is 0.